The van der Waals surface area contributed by atoms with Crippen LogP contribution in [0.3, 0.4) is 0 Å². The summed E-state index contributed by atoms with van der Waals surface area (Å²) in [7, 11) is 0. The lowest BCUT2D eigenvalue weighted by atomic mass is 9.85. The molecule has 5 heteroatoms. The molecule has 1 saturated carbocycles. The van der Waals surface area contributed by atoms with Gasteiger partial charge in [0.2, 0.25) is 0 Å². The van der Waals surface area contributed by atoms with Crippen LogP contribution in [0.2, 0.25) is 0 Å². The molecule has 1 aliphatic heterocycles. The fraction of sp³-hybridized carbons (Fsp3) is 0.857. The fourth-order valence-electron chi connectivity index (χ4n) is 4.54. The number of ether oxygens (including phenoxy) is 1. The second kappa shape index (κ2) is 10.4. The van der Waals surface area contributed by atoms with Crippen molar-refractivity contribution in [3.05, 3.63) is 12.2 Å². The van der Waals surface area contributed by atoms with E-state index in [-0.39, 0.29) is 24.4 Å². The van der Waals surface area contributed by atoms with E-state index in [1.165, 1.54) is 0 Å². The minimum Gasteiger partial charge on any atom is -0.481 e. The number of halogens is 1. The van der Waals surface area contributed by atoms with Gasteiger partial charge in [0.05, 0.1) is 18.3 Å². The number of hydrogen-bond acceptors (Lipinski definition) is 3. The van der Waals surface area contributed by atoms with Crippen LogP contribution in [0.5, 0.6) is 0 Å². The van der Waals surface area contributed by atoms with E-state index in [9.17, 15) is 14.3 Å². The highest BCUT2D eigenvalue weighted by Gasteiger charge is 2.53. The molecule has 2 unspecified atom stereocenters. The molecule has 26 heavy (non-hydrogen) atoms. The van der Waals surface area contributed by atoms with Gasteiger partial charge in [0.1, 0.15) is 6.17 Å². The van der Waals surface area contributed by atoms with E-state index in [4.69, 9.17) is 9.84 Å². The van der Waals surface area contributed by atoms with Gasteiger partial charge in [-0.05, 0) is 37.5 Å². The van der Waals surface area contributed by atoms with Gasteiger partial charge in [-0.3, -0.25) is 4.79 Å². The van der Waals surface area contributed by atoms with E-state index >= 15 is 0 Å². The number of rotatable bonds is 11. The van der Waals surface area contributed by atoms with Gasteiger partial charge in [0.25, 0.3) is 0 Å². The highest BCUT2D eigenvalue weighted by atomic mass is 19.1. The molecule has 1 saturated heterocycles. The molecular weight excluding hydrogens is 335 g/mol. The minimum absolute atomic E-state index is 0.0450. The standard InChI is InChI=1S/C21H35FO4/c1-3-4-5-8-15(23)11-12-16-14(2)13-18-20(16)21(22)17(26-18)9-6-7-10-19(24)25/h11-12,14-18,20-21,23H,3-10,13H2,1-2H3,(H,24,25)/b12-11+/t14-,15+,16+,17?,18-,20-,21?/m1/s1. The van der Waals surface area contributed by atoms with Gasteiger partial charge in [-0.15, -0.1) is 0 Å². The van der Waals surface area contributed by atoms with Crippen LogP contribution in [0.15, 0.2) is 12.2 Å². The molecule has 1 aliphatic carbocycles. The zero-order valence-corrected chi connectivity index (χ0v) is 16.1. The van der Waals surface area contributed by atoms with E-state index in [1.807, 2.05) is 12.2 Å². The van der Waals surface area contributed by atoms with E-state index < -0.39 is 24.3 Å². The van der Waals surface area contributed by atoms with Gasteiger partial charge in [0, 0.05) is 12.3 Å². The number of aliphatic hydroxyl groups is 1. The largest absolute Gasteiger partial charge is 0.481 e. The number of aliphatic carboxylic acids is 1. The quantitative estimate of drug-likeness (QED) is 0.415. The third-order valence-corrected chi connectivity index (χ3v) is 6.00. The Morgan fingerprint density at radius 2 is 2.08 bits per heavy atom. The summed E-state index contributed by atoms with van der Waals surface area (Å²) in [5, 5.41) is 18.8. The highest BCUT2D eigenvalue weighted by molar-refractivity contribution is 5.66. The van der Waals surface area contributed by atoms with Crippen molar-refractivity contribution in [3.63, 3.8) is 0 Å². The first-order valence-corrected chi connectivity index (χ1v) is 10.3. The third-order valence-electron chi connectivity index (χ3n) is 6.00. The number of carboxylic acid groups (broad SMARTS) is 1. The van der Waals surface area contributed by atoms with Gasteiger partial charge in [-0.1, -0.05) is 51.7 Å². The summed E-state index contributed by atoms with van der Waals surface area (Å²) < 4.78 is 21.0. The third kappa shape index (κ3) is 5.78. The van der Waals surface area contributed by atoms with Crippen LogP contribution < -0.4 is 0 Å². The number of hydrogen-bond donors (Lipinski definition) is 2. The molecule has 0 bridgehead atoms. The van der Waals surface area contributed by atoms with Crippen LogP contribution in [-0.2, 0) is 9.53 Å². The first-order chi connectivity index (χ1) is 12.4. The Kier molecular flexibility index (Phi) is 8.55. The SMILES string of the molecule is CCCCC[C@H](O)/C=C/[C@@H]1[C@H]2C(F)C(CCCCC(=O)O)O[C@@H]2C[C@H]1C. The smallest absolute Gasteiger partial charge is 0.303 e. The zero-order chi connectivity index (χ0) is 19.1. The molecule has 2 aliphatic rings. The van der Waals surface area contributed by atoms with Crippen molar-refractivity contribution in [2.75, 3.05) is 0 Å². The van der Waals surface area contributed by atoms with Crippen molar-refractivity contribution in [3.8, 4) is 0 Å². The van der Waals surface area contributed by atoms with Gasteiger partial charge in [0.15, 0.2) is 0 Å². The normalized spacial score (nSPS) is 35.1. The van der Waals surface area contributed by atoms with E-state index in [0.717, 1.165) is 32.1 Å². The number of alkyl halides is 1. The minimum atomic E-state index is -0.998. The Bertz CT molecular complexity index is 467. The van der Waals surface area contributed by atoms with E-state index in [2.05, 4.69) is 13.8 Å². The summed E-state index contributed by atoms with van der Waals surface area (Å²) in [6.45, 7) is 4.27. The van der Waals surface area contributed by atoms with Crippen LogP contribution in [0.25, 0.3) is 0 Å². The maximum Gasteiger partial charge on any atom is 0.303 e. The summed E-state index contributed by atoms with van der Waals surface area (Å²) in [4.78, 5) is 10.6. The average molecular weight is 371 g/mol. The first-order valence-electron chi connectivity index (χ1n) is 10.3. The average Bonchev–Trinajstić information content (AvgIpc) is 3.05. The summed E-state index contributed by atoms with van der Waals surface area (Å²) in [5.41, 5.74) is 0. The van der Waals surface area contributed by atoms with Crippen LogP contribution in [0.1, 0.15) is 71.6 Å². The molecule has 0 spiro atoms. The molecule has 0 aromatic carbocycles. The lowest BCUT2D eigenvalue weighted by Crippen LogP contribution is -2.27. The second-order valence-electron chi connectivity index (χ2n) is 8.11. The molecule has 7 atom stereocenters. The molecule has 0 aromatic heterocycles. The summed E-state index contributed by atoms with van der Waals surface area (Å²) >= 11 is 0. The maximum atomic E-state index is 15.0. The van der Waals surface area contributed by atoms with E-state index in [0.29, 0.717) is 25.2 Å². The van der Waals surface area contributed by atoms with E-state index in [1.54, 1.807) is 0 Å². The number of allylic oxidation sites excluding steroid dienone is 1. The number of fused-ring (bicyclic) bond motifs is 1. The number of carboxylic acids is 1. The number of aliphatic hydroxyl groups excluding tert-OH is 1. The van der Waals surface area contributed by atoms with Gasteiger partial charge >= 0.3 is 5.97 Å². The Balaban J connectivity index is 1.85. The fourth-order valence-corrected chi connectivity index (χ4v) is 4.54. The summed E-state index contributed by atoms with van der Waals surface area (Å²) in [6, 6.07) is 0. The molecule has 2 N–H and O–H groups in total. The Morgan fingerprint density at radius 1 is 1.31 bits per heavy atom. The Morgan fingerprint density at radius 3 is 2.77 bits per heavy atom. The molecular formula is C21H35FO4. The van der Waals surface area contributed by atoms with Crippen molar-refractivity contribution in [2.45, 2.75) is 96.1 Å². The van der Waals surface area contributed by atoms with Crippen LogP contribution >= 0.6 is 0 Å². The molecule has 0 radical (unpaired) electrons. The second-order valence-corrected chi connectivity index (χ2v) is 8.11. The lowest BCUT2D eigenvalue weighted by Gasteiger charge is -2.22. The molecule has 2 fully saturated rings. The summed E-state index contributed by atoms with van der Waals surface area (Å²) in [5.74, 6) is -0.466. The molecule has 1 heterocycles. The predicted molar refractivity (Wildman–Crippen MR) is 99.7 cm³/mol. The zero-order valence-electron chi connectivity index (χ0n) is 16.1. The van der Waals surface area contributed by atoms with Crippen LogP contribution in [-0.4, -0.2) is 40.7 Å². The van der Waals surface area contributed by atoms with Crippen molar-refractivity contribution in [1.82, 2.24) is 0 Å². The molecule has 4 nitrogen and oxygen atoms in total. The van der Waals surface area contributed by atoms with Crippen molar-refractivity contribution < 1.29 is 24.1 Å². The Hall–Kier alpha value is -0.940. The topological polar surface area (TPSA) is 66.8 Å². The first kappa shape index (κ1) is 21.4. The summed E-state index contributed by atoms with van der Waals surface area (Å²) in [6.07, 6.45) is 8.86. The van der Waals surface area contributed by atoms with Gasteiger partial charge in [-0.2, -0.15) is 0 Å². The van der Waals surface area contributed by atoms with Crippen LogP contribution in [0, 0.1) is 17.8 Å². The molecule has 0 aromatic rings. The molecule has 150 valence electrons. The number of unbranched alkanes of at least 4 members (excludes halogenated alkanes) is 3. The van der Waals surface area contributed by atoms with Gasteiger partial charge < -0.3 is 14.9 Å². The monoisotopic (exact) mass is 370 g/mol. The number of carbonyl (C=O) groups is 1. The van der Waals surface area contributed by atoms with Gasteiger partial charge in [-0.25, -0.2) is 4.39 Å². The van der Waals surface area contributed by atoms with Crippen LogP contribution in [0.4, 0.5) is 4.39 Å². The maximum absolute atomic E-state index is 15.0. The Labute approximate surface area is 156 Å². The highest BCUT2D eigenvalue weighted by Crippen LogP contribution is 2.49. The molecule has 2 rings (SSSR count). The van der Waals surface area contributed by atoms with Crippen molar-refractivity contribution in [1.29, 1.82) is 0 Å². The lowest BCUT2D eigenvalue weighted by molar-refractivity contribution is -0.137. The van der Waals surface area contributed by atoms with Crippen molar-refractivity contribution in [2.24, 2.45) is 17.8 Å². The predicted octanol–water partition coefficient (Wildman–Crippen LogP) is 4.51. The molecule has 0 amide bonds. The van der Waals surface area contributed by atoms with Crippen molar-refractivity contribution >= 4 is 5.97 Å².